The largest absolute Gasteiger partial charge is 0.493 e. The first-order valence-electron chi connectivity index (χ1n) is 10.4. The average molecular weight is 405 g/mol. The van der Waals surface area contributed by atoms with E-state index in [1.54, 1.807) is 0 Å². The predicted octanol–water partition coefficient (Wildman–Crippen LogP) is 4.15. The number of ether oxygens (including phenoxy) is 2. The summed E-state index contributed by atoms with van der Waals surface area (Å²) in [6, 6.07) is 18.0. The number of nitrogens with zero attached hydrogens (tertiary/aromatic N) is 2. The second-order valence-corrected chi connectivity index (χ2v) is 7.77. The zero-order valence-corrected chi connectivity index (χ0v) is 17.0. The Morgan fingerprint density at radius 3 is 2.50 bits per heavy atom. The lowest BCUT2D eigenvalue weighted by Crippen LogP contribution is -2.24. The minimum Gasteiger partial charge on any atom is -0.493 e. The second kappa shape index (κ2) is 9.55. The van der Waals surface area contributed by atoms with Gasteiger partial charge in [-0.1, -0.05) is 6.58 Å². The molecule has 4 rings (SSSR count). The SMILES string of the molecule is C=C(NOCC#N)c1ccc(O[C@@H]2CCN(c3ccc(OCC4CC4)cc3)C2)cc1. The molecule has 0 unspecified atom stereocenters. The van der Waals surface area contributed by atoms with E-state index in [1.165, 1.54) is 18.5 Å². The fourth-order valence-electron chi connectivity index (χ4n) is 3.45. The van der Waals surface area contributed by atoms with Crippen molar-refractivity contribution in [1.82, 2.24) is 5.48 Å². The summed E-state index contributed by atoms with van der Waals surface area (Å²) in [4.78, 5) is 7.32. The van der Waals surface area contributed by atoms with Gasteiger partial charge in [-0.25, -0.2) is 0 Å². The molecule has 156 valence electrons. The topological polar surface area (TPSA) is 66.8 Å². The molecule has 2 aromatic carbocycles. The molecule has 1 saturated heterocycles. The van der Waals surface area contributed by atoms with E-state index in [0.717, 1.165) is 49.1 Å². The third-order valence-electron chi connectivity index (χ3n) is 5.37. The Hall–Kier alpha value is -3.17. The van der Waals surface area contributed by atoms with Crippen LogP contribution in [0.15, 0.2) is 55.1 Å². The van der Waals surface area contributed by atoms with Crippen molar-refractivity contribution >= 4 is 11.4 Å². The van der Waals surface area contributed by atoms with Gasteiger partial charge >= 0.3 is 0 Å². The van der Waals surface area contributed by atoms with Gasteiger partial charge in [-0.05, 0) is 72.9 Å². The number of nitriles is 1. The molecule has 2 fully saturated rings. The Kier molecular flexibility index (Phi) is 6.41. The van der Waals surface area contributed by atoms with Crippen LogP contribution in [0.5, 0.6) is 11.5 Å². The highest BCUT2D eigenvalue weighted by Crippen LogP contribution is 2.30. The Morgan fingerprint density at radius 1 is 1.07 bits per heavy atom. The summed E-state index contributed by atoms with van der Waals surface area (Å²) >= 11 is 0. The van der Waals surface area contributed by atoms with Gasteiger partial charge in [0.1, 0.15) is 17.6 Å². The van der Waals surface area contributed by atoms with E-state index in [9.17, 15) is 0 Å². The molecule has 1 N–H and O–H groups in total. The minimum atomic E-state index is -0.0331. The lowest BCUT2D eigenvalue weighted by molar-refractivity contribution is 0.107. The van der Waals surface area contributed by atoms with Crippen molar-refractivity contribution in [2.45, 2.75) is 25.4 Å². The molecule has 0 spiro atoms. The molecule has 0 aromatic heterocycles. The Morgan fingerprint density at radius 2 is 1.80 bits per heavy atom. The van der Waals surface area contributed by atoms with Crippen LogP contribution in [0.1, 0.15) is 24.8 Å². The highest BCUT2D eigenvalue weighted by Gasteiger charge is 2.25. The molecule has 6 heteroatoms. The third-order valence-corrected chi connectivity index (χ3v) is 5.37. The second-order valence-electron chi connectivity index (χ2n) is 7.77. The van der Waals surface area contributed by atoms with Crippen molar-refractivity contribution in [3.8, 4) is 17.6 Å². The zero-order chi connectivity index (χ0) is 20.8. The Bertz CT molecular complexity index is 885. The van der Waals surface area contributed by atoms with Gasteiger partial charge < -0.3 is 14.4 Å². The fraction of sp³-hybridized carbons (Fsp3) is 0.375. The number of nitrogens with one attached hydrogen (secondary N) is 1. The van der Waals surface area contributed by atoms with Crippen LogP contribution in [-0.2, 0) is 4.84 Å². The van der Waals surface area contributed by atoms with Crippen LogP contribution in [0.4, 0.5) is 5.69 Å². The van der Waals surface area contributed by atoms with Crippen LogP contribution in [0, 0.1) is 17.2 Å². The smallest absolute Gasteiger partial charge is 0.161 e. The van der Waals surface area contributed by atoms with Crippen LogP contribution >= 0.6 is 0 Å². The molecular weight excluding hydrogens is 378 g/mol. The third kappa shape index (κ3) is 5.46. The van der Waals surface area contributed by atoms with Crippen molar-refractivity contribution in [2.24, 2.45) is 5.92 Å². The summed E-state index contributed by atoms with van der Waals surface area (Å²) in [6.07, 6.45) is 3.75. The first kappa shape index (κ1) is 20.1. The summed E-state index contributed by atoms with van der Waals surface area (Å²) in [5, 5.41) is 8.50. The normalized spacial score (nSPS) is 18.0. The summed E-state index contributed by atoms with van der Waals surface area (Å²) in [5.74, 6) is 2.55. The lowest BCUT2D eigenvalue weighted by atomic mass is 10.2. The molecule has 30 heavy (non-hydrogen) atoms. The average Bonchev–Trinajstić information content (AvgIpc) is 3.50. The van der Waals surface area contributed by atoms with Crippen molar-refractivity contribution in [3.63, 3.8) is 0 Å². The monoisotopic (exact) mass is 405 g/mol. The zero-order valence-electron chi connectivity index (χ0n) is 17.0. The number of hydrogen-bond acceptors (Lipinski definition) is 6. The first-order chi connectivity index (χ1) is 14.7. The van der Waals surface area contributed by atoms with Crippen molar-refractivity contribution in [2.75, 3.05) is 31.2 Å². The number of rotatable bonds is 10. The van der Waals surface area contributed by atoms with Crippen LogP contribution in [-0.4, -0.2) is 32.4 Å². The summed E-state index contributed by atoms with van der Waals surface area (Å²) in [7, 11) is 0. The maximum atomic E-state index is 8.50. The summed E-state index contributed by atoms with van der Waals surface area (Å²) < 4.78 is 12.0. The van der Waals surface area contributed by atoms with Gasteiger partial charge in [0, 0.05) is 18.7 Å². The van der Waals surface area contributed by atoms with Gasteiger partial charge in [0.2, 0.25) is 0 Å². The van der Waals surface area contributed by atoms with E-state index >= 15 is 0 Å². The molecule has 2 aromatic rings. The predicted molar refractivity (Wildman–Crippen MR) is 116 cm³/mol. The molecule has 1 aliphatic heterocycles. The Labute approximate surface area is 177 Å². The van der Waals surface area contributed by atoms with E-state index in [0.29, 0.717) is 5.70 Å². The highest BCUT2D eigenvalue weighted by atomic mass is 16.6. The molecule has 0 amide bonds. The van der Waals surface area contributed by atoms with Crippen molar-refractivity contribution in [3.05, 3.63) is 60.7 Å². The van der Waals surface area contributed by atoms with E-state index in [-0.39, 0.29) is 12.7 Å². The van der Waals surface area contributed by atoms with Crippen LogP contribution < -0.4 is 19.9 Å². The van der Waals surface area contributed by atoms with Crippen LogP contribution in [0.3, 0.4) is 0 Å². The van der Waals surface area contributed by atoms with E-state index in [4.69, 9.17) is 19.6 Å². The molecule has 1 atom stereocenters. The summed E-state index contributed by atoms with van der Waals surface area (Å²) in [6.45, 7) is 6.54. The Balaban J connectivity index is 1.25. The standard InChI is InChI=1S/C24H27N3O3/c1-18(26-29-15-13-25)20-4-8-23(9-5-20)30-24-12-14-27(16-24)21-6-10-22(11-7-21)28-17-19-2-3-19/h4-11,19,24,26H,1-3,12,14-17H2/t24-/m1/s1. The van der Waals surface area contributed by atoms with Gasteiger partial charge in [0.05, 0.1) is 24.9 Å². The van der Waals surface area contributed by atoms with Crippen LogP contribution in [0.2, 0.25) is 0 Å². The van der Waals surface area contributed by atoms with Gasteiger partial charge in [-0.3, -0.25) is 10.3 Å². The molecular formula is C24H27N3O3. The van der Waals surface area contributed by atoms with Gasteiger partial charge in [0.25, 0.3) is 0 Å². The van der Waals surface area contributed by atoms with Crippen LogP contribution in [0.25, 0.3) is 5.70 Å². The molecule has 6 nitrogen and oxygen atoms in total. The number of benzene rings is 2. The van der Waals surface area contributed by atoms with Gasteiger partial charge in [0.15, 0.2) is 6.61 Å². The molecule has 0 bridgehead atoms. The van der Waals surface area contributed by atoms with E-state index in [1.807, 2.05) is 30.3 Å². The number of anilines is 1. The minimum absolute atomic E-state index is 0.0331. The van der Waals surface area contributed by atoms with Crippen molar-refractivity contribution in [1.29, 1.82) is 5.26 Å². The van der Waals surface area contributed by atoms with Crippen molar-refractivity contribution < 1.29 is 14.3 Å². The lowest BCUT2D eigenvalue weighted by Gasteiger charge is -2.19. The summed E-state index contributed by atoms with van der Waals surface area (Å²) in [5.41, 5.74) is 5.36. The van der Waals surface area contributed by atoms with E-state index < -0.39 is 0 Å². The molecule has 0 radical (unpaired) electrons. The quantitative estimate of drug-likeness (QED) is 0.473. The maximum absolute atomic E-state index is 8.50. The van der Waals surface area contributed by atoms with Gasteiger partial charge in [-0.15, -0.1) is 0 Å². The number of hydroxylamine groups is 1. The molecule has 2 aliphatic rings. The van der Waals surface area contributed by atoms with E-state index in [2.05, 4.69) is 41.2 Å². The first-order valence-corrected chi connectivity index (χ1v) is 10.4. The highest BCUT2D eigenvalue weighted by molar-refractivity contribution is 5.61. The fourth-order valence-corrected chi connectivity index (χ4v) is 3.45. The molecule has 1 heterocycles. The molecule has 1 saturated carbocycles. The maximum Gasteiger partial charge on any atom is 0.161 e. The number of hydrogen-bond donors (Lipinski definition) is 1. The van der Waals surface area contributed by atoms with Gasteiger partial charge in [-0.2, -0.15) is 5.26 Å². The molecule has 1 aliphatic carbocycles.